The lowest BCUT2D eigenvalue weighted by Crippen LogP contribution is -2.68. The van der Waals surface area contributed by atoms with Gasteiger partial charge in [0, 0.05) is 72.7 Å². The van der Waals surface area contributed by atoms with Crippen LogP contribution in [-0.4, -0.2) is 314 Å². The van der Waals surface area contributed by atoms with Gasteiger partial charge in [-0.05, 0) is 81.7 Å². The number of aliphatic hydroxyl groups excluding tert-OH is 11. The van der Waals surface area contributed by atoms with Gasteiger partial charge < -0.3 is 161 Å². The first-order valence-corrected chi connectivity index (χ1v) is 36.0. The molecule has 5 aliphatic carbocycles. The Labute approximate surface area is 578 Å². The lowest BCUT2D eigenvalue weighted by atomic mass is 9.44. The second kappa shape index (κ2) is 35.9. The Balaban J connectivity index is 0.000000207. The van der Waals surface area contributed by atoms with Crippen LogP contribution in [0.25, 0.3) is 0 Å². The third-order valence-electron chi connectivity index (χ3n) is 23.1. The maximum absolute atomic E-state index is 13.4. The fraction of sp³-hybridized carbons (Fsp3) is 0.938. The molecule has 0 aromatic carbocycles. The fourth-order valence-corrected chi connectivity index (χ4v) is 17.2. The van der Waals surface area contributed by atoms with Crippen LogP contribution in [0.1, 0.15) is 99.3 Å². The Morgan fingerprint density at radius 2 is 1.03 bits per heavy atom. The van der Waals surface area contributed by atoms with E-state index in [4.69, 9.17) is 100.0 Å². The van der Waals surface area contributed by atoms with E-state index in [0.717, 1.165) is 44.6 Å². The average Bonchev–Trinajstić information content (AvgIpc) is 1.41. The molecule has 33 nitrogen and oxygen atoms in total. The minimum Gasteiger partial charge on any atom is -0.461 e. The highest BCUT2D eigenvalue weighted by molar-refractivity contribution is 7.99. The minimum absolute atomic E-state index is 0.00828. The van der Waals surface area contributed by atoms with Crippen molar-refractivity contribution in [3.8, 4) is 0 Å². The van der Waals surface area contributed by atoms with Gasteiger partial charge in [-0.1, -0.05) is 47.6 Å². The monoisotopic (exact) mass is 1430 g/mol. The molecule has 2 bridgehead atoms. The summed E-state index contributed by atoms with van der Waals surface area (Å²) in [7, 11) is 0. The second-order valence-electron chi connectivity index (χ2n) is 29.2. The number of carbonyl (C=O) groups is 2. The highest BCUT2D eigenvalue weighted by atomic mass is 32.2. The predicted octanol–water partition coefficient (Wildman–Crippen LogP) is -7.62. The Morgan fingerprint density at radius 3 is 1.43 bits per heavy atom. The van der Waals surface area contributed by atoms with Crippen LogP contribution in [0.15, 0.2) is 12.7 Å². The van der Waals surface area contributed by atoms with E-state index in [1.165, 1.54) is 0 Å². The molecular formula is C64H121N11O22S. The Bertz CT molecular complexity index is 2410. The molecule has 9 aliphatic rings. The van der Waals surface area contributed by atoms with E-state index < -0.39 is 207 Å². The van der Waals surface area contributed by atoms with Crippen molar-refractivity contribution in [3.05, 3.63) is 12.7 Å². The van der Waals surface area contributed by atoms with Crippen molar-refractivity contribution >= 4 is 23.5 Å². The van der Waals surface area contributed by atoms with Crippen LogP contribution in [0.3, 0.4) is 0 Å². The highest BCUT2D eigenvalue weighted by Gasteiger charge is 2.68. The highest BCUT2D eigenvalue weighted by Crippen LogP contribution is 2.68. The van der Waals surface area contributed by atoms with Gasteiger partial charge in [0.15, 0.2) is 25.2 Å². The van der Waals surface area contributed by atoms with Crippen molar-refractivity contribution < 1.29 is 108 Å². The third-order valence-corrected chi connectivity index (χ3v) is 24.0. The molecule has 1 unspecified atom stereocenters. The Morgan fingerprint density at radius 1 is 0.612 bits per heavy atom. The van der Waals surface area contributed by atoms with Crippen molar-refractivity contribution in [3.63, 3.8) is 0 Å². The van der Waals surface area contributed by atoms with E-state index in [-0.39, 0.29) is 67.9 Å². The van der Waals surface area contributed by atoms with Crippen LogP contribution in [-0.2, 0) is 52.2 Å². The SMILES string of the molecule is C=C[C@]1(C)C[C@@H](OC(=O)CSCCN(CC)CC)[C@@]2(C)C(C)CC[C@]3(CCC(=O)[C@H]32)[C@@H](C)[C@@H]1O.NC[C@H]1O[C@H](O[C@H]2[C@H](O)[C@@H](O[C@H]3O[C@H](CO)[C@@H](O)[C@H](N)[C@H]3O)[C@H](N)C[C@@H]2N)[C@H](N)C[C@@H]1O.NC[C@H]1O[C@H](O[C@H]2[C@H](O)[C@@H](O[C@H]3O[C@H](CO)[C@@H](O)[C@H](N)[C@H]3O)[C@H](N)C[C@@H]2N)[C@H](N)C[C@@H]1O. The molecular weight excluding hydrogens is 1310 g/mol. The number of nitrogens with zero attached hydrogens (tertiary/aromatic N) is 1. The topological polar surface area (TPSA) is 603 Å². The quantitative estimate of drug-likeness (QED) is 0.0288. The van der Waals surface area contributed by atoms with E-state index in [0.29, 0.717) is 24.4 Å². The largest absolute Gasteiger partial charge is 0.461 e. The lowest BCUT2D eigenvalue weighted by Gasteiger charge is -2.61. The van der Waals surface area contributed by atoms with E-state index >= 15 is 0 Å². The zero-order valence-electron chi connectivity index (χ0n) is 57.6. The summed E-state index contributed by atoms with van der Waals surface area (Å²) in [5, 5.41) is 113. The molecule has 4 heterocycles. The van der Waals surface area contributed by atoms with Crippen LogP contribution < -0.4 is 57.3 Å². The summed E-state index contributed by atoms with van der Waals surface area (Å²) in [5.41, 5.74) is 58.3. The number of Topliss-reactive ketones (excluding diaryl/α,β-unsaturated/α-hetero) is 1. The van der Waals surface area contributed by atoms with Gasteiger partial charge in [-0.3, -0.25) is 9.59 Å². The zero-order chi connectivity index (χ0) is 72.8. The molecule has 5 saturated carbocycles. The van der Waals surface area contributed by atoms with Gasteiger partial charge in [0.05, 0.1) is 73.7 Å². The van der Waals surface area contributed by atoms with Gasteiger partial charge >= 0.3 is 5.97 Å². The number of carbonyl (C=O) groups excluding carboxylic acids is 2. The first-order chi connectivity index (χ1) is 46.2. The molecule has 0 radical (unpaired) electrons. The molecule has 0 aromatic heterocycles. The molecule has 0 aromatic rings. The summed E-state index contributed by atoms with van der Waals surface area (Å²) in [6.07, 6.45) is -16.9. The predicted molar refractivity (Wildman–Crippen MR) is 356 cm³/mol. The number of rotatable bonds is 21. The van der Waals surface area contributed by atoms with Crippen molar-refractivity contribution in [2.24, 2.45) is 91.3 Å². The van der Waals surface area contributed by atoms with E-state index in [1.807, 2.05) is 13.0 Å². The Hall–Kier alpha value is -1.97. The van der Waals surface area contributed by atoms with Gasteiger partial charge in [-0.2, -0.15) is 0 Å². The van der Waals surface area contributed by atoms with Crippen molar-refractivity contribution in [1.82, 2.24) is 4.90 Å². The summed E-state index contributed by atoms with van der Waals surface area (Å²) < 4.78 is 51.7. The molecule has 0 amide bonds. The lowest BCUT2D eigenvalue weighted by molar-refractivity contribution is -0.314. The fourth-order valence-electron chi connectivity index (χ4n) is 16.4. The number of nitrogens with two attached hydrogens (primary N) is 10. The van der Waals surface area contributed by atoms with Crippen LogP contribution >= 0.6 is 11.8 Å². The van der Waals surface area contributed by atoms with Gasteiger partial charge in [0.25, 0.3) is 0 Å². The molecule has 9 fully saturated rings. The maximum atomic E-state index is 13.4. The number of hydrogen-bond acceptors (Lipinski definition) is 34. The Kier molecular flexibility index (Phi) is 30.5. The maximum Gasteiger partial charge on any atom is 0.316 e. The smallest absolute Gasteiger partial charge is 0.316 e. The molecule has 4 saturated heterocycles. The van der Waals surface area contributed by atoms with Crippen molar-refractivity contribution in [2.45, 2.75) is 283 Å². The molecule has 9 rings (SSSR count). The third kappa shape index (κ3) is 17.9. The summed E-state index contributed by atoms with van der Waals surface area (Å²) in [6.45, 7) is 19.0. The molecule has 0 spiro atoms. The molecule has 34 heteroatoms. The van der Waals surface area contributed by atoms with Gasteiger partial charge in [0.1, 0.15) is 85.1 Å². The minimum atomic E-state index is -1.44. The average molecular weight is 1430 g/mol. The number of ketones is 1. The van der Waals surface area contributed by atoms with E-state index in [2.05, 4.69) is 46.1 Å². The van der Waals surface area contributed by atoms with E-state index in [9.17, 15) is 65.8 Å². The first-order valence-electron chi connectivity index (χ1n) is 34.9. The van der Waals surface area contributed by atoms with E-state index in [1.54, 1.807) is 11.8 Å². The van der Waals surface area contributed by atoms with Gasteiger partial charge in [0.2, 0.25) is 0 Å². The number of hydrogen-bond donors (Lipinski definition) is 21. The normalized spacial score (nSPS) is 49.0. The number of thioether (sulfide) groups is 1. The number of ether oxygens (including phenoxy) is 9. The van der Waals surface area contributed by atoms with Crippen LogP contribution in [0.5, 0.6) is 0 Å². The molecule has 570 valence electrons. The number of esters is 1. The standard InChI is InChI=1S/C28H47NO4S.2C18H37N5O9/c1-8-26(6)17-22(33-23(31)18-34-16-15-29(9-2)10-3)27(7)19(4)11-13-28(20(5)25(26)32)14-12-21(30)24(27)28;2*19-3-9-8(25)2-7(22)17(29-9)31-15-5(20)1-6(21)16(14(15)28)32-18-13(27)11(23)12(26)10(4-24)30-18/h8,19-20,22,24-25,32H,1,9-18H2,2-7H3;2*5-18,24-28H,1-4,19-23H2/t19?,20-,22+,24-,25-,26+,27+,28-;2*5-,6+,7+,8-,9+,10+,11-,12+,13+,14-,15+,16-,17+,18+/m000/s1. The summed E-state index contributed by atoms with van der Waals surface area (Å²) >= 11 is 1.61. The van der Waals surface area contributed by atoms with Crippen LogP contribution in [0, 0.1) is 34.0 Å². The van der Waals surface area contributed by atoms with Crippen LogP contribution in [0.4, 0.5) is 0 Å². The van der Waals surface area contributed by atoms with Crippen molar-refractivity contribution in [1.29, 1.82) is 0 Å². The molecule has 36 atom stereocenters. The molecule has 98 heavy (non-hydrogen) atoms. The van der Waals surface area contributed by atoms with Gasteiger partial charge in [-0.25, -0.2) is 0 Å². The first kappa shape index (κ1) is 83.3. The summed E-state index contributed by atoms with van der Waals surface area (Å²) in [6, 6.07) is -6.53. The van der Waals surface area contributed by atoms with Crippen LogP contribution in [0.2, 0.25) is 0 Å². The molecule has 4 aliphatic heterocycles. The molecule has 31 N–H and O–H groups in total. The zero-order valence-corrected chi connectivity index (χ0v) is 58.4. The summed E-state index contributed by atoms with van der Waals surface area (Å²) in [5.74, 6) is 1.37. The van der Waals surface area contributed by atoms with Crippen molar-refractivity contribution in [2.75, 3.05) is 57.4 Å². The van der Waals surface area contributed by atoms with Gasteiger partial charge in [-0.15, -0.1) is 18.3 Å². The second-order valence-corrected chi connectivity index (χ2v) is 30.3. The summed E-state index contributed by atoms with van der Waals surface area (Å²) in [4.78, 5) is 28.9. The number of aliphatic hydroxyl groups is 11.